The zero-order valence-corrected chi connectivity index (χ0v) is 14.5. The largest absolute Gasteiger partial charge is 0.453 e. The Hall–Kier alpha value is -0.813. The third kappa shape index (κ3) is 5.78. The molecule has 112 valence electrons. The number of ether oxygens (including phenoxy) is 1. The van der Waals surface area contributed by atoms with Crippen LogP contribution in [0.5, 0.6) is 0 Å². The van der Waals surface area contributed by atoms with Crippen molar-refractivity contribution in [2.75, 3.05) is 7.11 Å². The Morgan fingerprint density at radius 1 is 1.32 bits per heavy atom. The number of methoxy groups -OCH3 is 1. The molecule has 19 heavy (non-hydrogen) atoms. The van der Waals surface area contributed by atoms with E-state index in [4.69, 9.17) is 4.43 Å². The van der Waals surface area contributed by atoms with E-state index >= 15 is 0 Å². The molecule has 0 aromatic rings. The fraction of sp³-hybridized carbons (Fsp3) is 0.786. The highest BCUT2D eigenvalue weighted by Crippen LogP contribution is 2.37. The fourth-order valence-electron chi connectivity index (χ4n) is 1.44. The topological polar surface area (TPSA) is 47.6 Å². The maximum absolute atomic E-state index is 11.4. The summed E-state index contributed by atoms with van der Waals surface area (Å²) in [6.07, 6.45) is 3.31. The van der Waals surface area contributed by atoms with E-state index in [-0.39, 0.29) is 17.2 Å². The Kier molecular flexibility index (Phi) is 6.79. The second-order valence-corrected chi connectivity index (χ2v) is 11.0. The van der Waals surface area contributed by atoms with Crippen molar-refractivity contribution < 1.29 is 14.0 Å². The second kappa shape index (κ2) is 7.10. The lowest BCUT2D eigenvalue weighted by Gasteiger charge is -2.40. The number of nitrogens with one attached hydrogen (secondary N) is 1. The first-order valence-electron chi connectivity index (χ1n) is 6.70. The molecule has 0 aliphatic heterocycles. The molecule has 5 heteroatoms. The standard InChI is InChI=1S/C14H29NO3Si/c1-9-10-12(15-13(16)17-6)11(2)18-19(7,8)14(3,4)5/h9-12H,1-8H3,(H,15,16)/b10-9+/t11?,12-/m1/s1. The van der Waals surface area contributed by atoms with Crippen LogP contribution in [0.3, 0.4) is 0 Å². The molecule has 2 atom stereocenters. The molecule has 0 aliphatic carbocycles. The third-order valence-corrected chi connectivity index (χ3v) is 8.24. The zero-order valence-electron chi connectivity index (χ0n) is 13.5. The molecular weight excluding hydrogens is 258 g/mol. The van der Waals surface area contributed by atoms with Crippen LogP contribution in [0.15, 0.2) is 12.2 Å². The summed E-state index contributed by atoms with van der Waals surface area (Å²) >= 11 is 0. The predicted octanol–water partition coefficient (Wildman–Crippen LogP) is 3.70. The van der Waals surface area contributed by atoms with Crippen LogP contribution in [-0.4, -0.2) is 33.7 Å². The Morgan fingerprint density at radius 3 is 2.21 bits per heavy atom. The van der Waals surface area contributed by atoms with Crippen molar-refractivity contribution >= 4 is 14.4 Å². The van der Waals surface area contributed by atoms with Gasteiger partial charge in [-0.25, -0.2) is 4.79 Å². The predicted molar refractivity (Wildman–Crippen MR) is 81.9 cm³/mol. The van der Waals surface area contributed by atoms with Gasteiger partial charge in [0, 0.05) is 0 Å². The molecule has 0 bridgehead atoms. The van der Waals surface area contributed by atoms with E-state index in [9.17, 15) is 4.79 Å². The normalized spacial score (nSPS) is 16.2. The molecule has 0 saturated heterocycles. The van der Waals surface area contributed by atoms with Crippen molar-refractivity contribution in [2.24, 2.45) is 0 Å². The Labute approximate surface area is 118 Å². The smallest absolute Gasteiger partial charge is 0.407 e. The highest BCUT2D eigenvalue weighted by atomic mass is 28.4. The Bertz CT molecular complexity index is 321. The van der Waals surface area contributed by atoms with E-state index in [2.05, 4.69) is 43.9 Å². The van der Waals surface area contributed by atoms with Crippen LogP contribution < -0.4 is 5.32 Å². The summed E-state index contributed by atoms with van der Waals surface area (Å²) in [5.74, 6) is 0. The van der Waals surface area contributed by atoms with Crippen LogP contribution in [0.4, 0.5) is 4.79 Å². The quantitative estimate of drug-likeness (QED) is 0.619. The molecule has 0 fully saturated rings. The van der Waals surface area contributed by atoms with Gasteiger partial charge in [0.25, 0.3) is 0 Å². The number of carbonyl (C=O) groups excluding carboxylic acids is 1. The maximum Gasteiger partial charge on any atom is 0.407 e. The molecule has 1 N–H and O–H groups in total. The summed E-state index contributed by atoms with van der Waals surface area (Å²) in [5.41, 5.74) is 0. The average molecular weight is 287 g/mol. The van der Waals surface area contributed by atoms with Gasteiger partial charge in [0.1, 0.15) is 0 Å². The number of alkyl carbamates (subject to hydrolysis) is 1. The summed E-state index contributed by atoms with van der Waals surface area (Å²) in [7, 11) is -0.484. The minimum atomic E-state index is -1.85. The lowest BCUT2D eigenvalue weighted by molar-refractivity contribution is 0.142. The molecular formula is C14H29NO3Si. The van der Waals surface area contributed by atoms with Gasteiger partial charge in [0.15, 0.2) is 8.32 Å². The lowest BCUT2D eigenvalue weighted by Crippen LogP contribution is -2.50. The Balaban J connectivity index is 4.83. The molecule has 0 heterocycles. The van der Waals surface area contributed by atoms with Crippen LogP contribution in [0.1, 0.15) is 34.6 Å². The monoisotopic (exact) mass is 287 g/mol. The van der Waals surface area contributed by atoms with Gasteiger partial charge in [-0.05, 0) is 32.0 Å². The molecule has 4 nitrogen and oxygen atoms in total. The van der Waals surface area contributed by atoms with Gasteiger partial charge < -0.3 is 14.5 Å². The van der Waals surface area contributed by atoms with E-state index in [1.807, 2.05) is 26.0 Å². The van der Waals surface area contributed by atoms with Gasteiger partial charge in [-0.15, -0.1) is 0 Å². The average Bonchev–Trinajstić information content (AvgIpc) is 2.26. The molecule has 0 radical (unpaired) electrons. The first-order valence-corrected chi connectivity index (χ1v) is 9.61. The molecule has 0 aromatic carbocycles. The highest BCUT2D eigenvalue weighted by Gasteiger charge is 2.39. The molecule has 0 aromatic heterocycles. The summed E-state index contributed by atoms with van der Waals surface area (Å²) in [4.78, 5) is 11.4. The minimum Gasteiger partial charge on any atom is -0.453 e. The van der Waals surface area contributed by atoms with Gasteiger partial charge in [0.2, 0.25) is 0 Å². The van der Waals surface area contributed by atoms with Crippen LogP contribution in [0, 0.1) is 0 Å². The van der Waals surface area contributed by atoms with Gasteiger partial charge in [-0.2, -0.15) is 0 Å². The van der Waals surface area contributed by atoms with Crippen molar-refractivity contribution in [1.29, 1.82) is 0 Å². The van der Waals surface area contributed by atoms with Crippen LogP contribution >= 0.6 is 0 Å². The van der Waals surface area contributed by atoms with Crippen LogP contribution in [0.2, 0.25) is 18.1 Å². The first-order chi connectivity index (χ1) is 8.55. The van der Waals surface area contributed by atoms with E-state index in [0.29, 0.717) is 0 Å². The number of allylic oxidation sites excluding steroid dienone is 1. The molecule has 1 unspecified atom stereocenters. The summed E-state index contributed by atoms with van der Waals surface area (Å²) in [6, 6.07) is -0.174. The summed E-state index contributed by atoms with van der Waals surface area (Å²) in [5, 5.41) is 2.94. The van der Waals surface area contributed by atoms with Crippen molar-refractivity contribution in [1.82, 2.24) is 5.32 Å². The molecule has 0 rings (SSSR count). The van der Waals surface area contributed by atoms with E-state index < -0.39 is 14.4 Å². The number of amides is 1. The summed E-state index contributed by atoms with van der Waals surface area (Å²) in [6.45, 7) is 14.9. The lowest BCUT2D eigenvalue weighted by atomic mass is 10.2. The van der Waals surface area contributed by atoms with E-state index in [1.54, 1.807) is 0 Å². The van der Waals surface area contributed by atoms with Gasteiger partial charge in [-0.3, -0.25) is 0 Å². The number of carbonyl (C=O) groups is 1. The molecule has 0 spiro atoms. The van der Waals surface area contributed by atoms with Crippen LogP contribution in [-0.2, 0) is 9.16 Å². The van der Waals surface area contributed by atoms with Gasteiger partial charge in [0.05, 0.1) is 19.3 Å². The minimum absolute atomic E-state index is 0.0869. The van der Waals surface area contributed by atoms with Crippen LogP contribution in [0.25, 0.3) is 0 Å². The molecule has 0 saturated carbocycles. The molecule has 0 aliphatic rings. The van der Waals surface area contributed by atoms with Crippen molar-refractivity contribution in [3.63, 3.8) is 0 Å². The van der Waals surface area contributed by atoms with Crippen molar-refractivity contribution in [2.45, 2.75) is 64.9 Å². The summed E-state index contributed by atoms with van der Waals surface area (Å²) < 4.78 is 10.9. The number of hydrogen-bond acceptors (Lipinski definition) is 3. The van der Waals surface area contributed by atoms with Crippen molar-refractivity contribution in [3.8, 4) is 0 Å². The number of rotatable bonds is 5. The van der Waals surface area contributed by atoms with E-state index in [0.717, 1.165) is 0 Å². The second-order valence-electron chi connectivity index (χ2n) is 6.27. The van der Waals surface area contributed by atoms with Crippen molar-refractivity contribution in [3.05, 3.63) is 12.2 Å². The molecule has 1 amide bonds. The number of hydrogen-bond donors (Lipinski definition) is 1. The van der Waals surface area contributed by atoms with Gasteiger partial charge >= 0.3 is 6.09 Å². The van der Waals surface area contributed by atoms with E-state index in [1.165, 1.54) is 7.11 Å². The zero-order chi connectivity index (χ0) is 15.3. The highest BCUT2D eigenvalue weighted by molar-refractivity contribution is 6.74. The maximum atomic E-state index is 11.4. The fourth-order valence-corrected chi connectivity index (χ4v) is 2.87. The first kappa shape index (κ1) is 18.2. The third-order valence-electron chi connectivity index (χ3n) is 3.66. The SMILES string of the molecule is C/C=C/[C@@H](NC(=O)OC)C(C)O[Si](C)(C)C(C)(C)C. The van der Waals surface area contributed by atoms with Gasteiger partial charge in [-0.1, -0.05) is 32.9 Å². The Morgan fingerprint density at radius 2 is 1.84 bits per heavy atom.